The van der Waals surface area contributed by atoms with Gasteiger partial charge in [0.15, 0.2) is 0 Å². The van der Waals surface area contributed by atoms with Gasteiger partial charge in [-0.25, -0.2) is 0 Å². The third kappa shape index (κ3) is 1.05. The molecule has 3 fully saturated rings. The smallest absolute Gasteiger partial charge is 0.136 e. The van der Waals surface area contributed by atoms with Gasteiger partial charge in [0.1, 0.15) is 5.78 Å². The van der Waals surface area contributed by atoms with Gasteiger partial charge >= 0.3 is 0 Å². The van der Waals surface area contributed by atoms with Crippen LogP contribution in [-0.4, -0.2) is 5.78 Å². The summed E-state index contributed by atoms with van der Waals surface area (Å²) < 4.78 is 0. The van der Waals surface area contributed by atoms with Crippen molar-refractivity contribution < 1.29 is 4.79 Å². The van der Waals surface area contributed by atoms with E-state index in [-0.39, 0.29) is 0 Å². The molecule has 0 aromatic heterocycles. The molecule has 0 spiro atoms. The fourth-order valence-corrected chi connectivity index (χ4v) is 5.40. The monoisotopic (exact) mass is 220 g/mol. The van der Waals surface area contributed by atoms with E-state index in [1.165, 1.54) is 6.42 Å². The second kappa shape index (κ2) is 2.91. The van der Waals surface area contributed by atoms with E-state index in [0.717, 1.165) is 37.0 Å². The zero-order valence-corrected chi connectivity index (χ0v) is 11.0. The lowest BCUT2D eigenvalue weighted by Gasteiger charge is -2.36. The maximum atomic E-state index is 12.2. The van der Waals surface area contributed by atoms with E-state index in [0.29, 0.717) is 22.5 Å². The first-order chi connectivity index (χ1) is 7.40. The number of carbonyl (C=O) groups is 1. The Balaban J connectivity index is 2.03. The molecule has 0 bridgehead atoms. The van der Waals surface area contributed by atoms with Crippen molar-refractivity contribution in [1.82, 2.24) is 0 Å². The first-order valence-corrected chi connectivity index (χ1v) is 6.93. The van der Waals surface area contributed by atoms with Gasteiger partial charge in [0.25, 0.3) is 0 Å². The Bertz CT molecular complexity index is 343. The van der Waals surface area contributed by atoms with E-state index in [1.54, 1.807) is 0 Å². The van der Waals surface area contributed by atoms with E-state index < -0.39 is 0 Å². The number of Topliss-reactive ketones (excluding diaryl/α,β-unsaturated/α-hetero) is 1. The maximum absolute atomic E-state index is 12.2. The topological polar surface area (TPSA) is 17.1 Å². The van der Waals surface area contributed by atoms with Crippen LogP contribution in [0.4, 0.5) is 0 Å². The van der Waals surface area contributed by atoms with Crippen LogP contribution in [0.2, 0.25) is 0 Å². The van der Waals surface area contributed by atoms with Crippen LogP contribution in [0.15, 0.2) is 0 Å². The summed E-state index contributed by atoms with van der Waals surface area (Å²) >= 11 is 0. The van der Waals surface area contributed by atoms with Crippen molar-refractivity contribution in [3.8, 4) is 0 Å². The maximum Gasteiger partial charge on any atom is 0.136 e. The van der Waals surface area contributed by atoms with Crippen molar-refractivity contribution in [2.24, 2.45) is 34.5 Å². The largest absolute Gasteiger partial charge is 0.299 e. The SMILES string of the molecule is C[C@@H]1CC[C@@H]2C(=O)CC[C@H]3[C@@H](C3(C)C)[C@]12C. The van der Waals surface area contributed by atoms with Crippen molar-refractivity contribution in [3.05, 3.63) is 0 Å². The molecule has 0 saturated heterocycles. The van der Waals surface area contributed by atoms with Gasteiger partial charge in [0, 0.05) is 12.3 Å². The van der Waals surface area contributed by atoms with Crippen LogP contribution in [0, 0.1) is 34.5 Å². The number of ketones is 1. The fourth-order valence-electron chi connectivity index (χ4n) is 5.40. The minimum Gasteiger partial charge on any atom is -0.299 e. The average Bonchev–Trinajstić information content (AvgIpc) is 2.67. The quantitative estimate of drug-likeness (QED) is 0.608. The van der Waals surface area contributed by atoms with E-state index >= 15 is 0 Å². The van der Waals surface area contributed by atoms with E-state index in [9.17, 15) is 4.79 Å². The van der Waals surface area contributed by atoms with E-state index in [4.69, 9.17) is 0 Å². The second-order valence-electron chi connectivity index (χ2n) is 7.31. The number of carbonyl (C=O) groups excluding carboxylic acids is 1. The van der Waals surface area contributed by atoms with Crippen molar-refractivity contribution in [2.45, 2.75) is 53.4 Å². The molecule has 0 unspecified atom stereocenters. The zero-order valence-electron chi connectivity index (χ0n) is 11.0. The van der Waals surface area contributed by atoms with Crippen LogP contribution >= 0.6 is 0 Å². The molecule has 5 atom stereocenters. The summed E-state index contributed by atoms with van der Waals surface area (Å²) in [5, 5.41) is 0. The van der Waals surface area contributed by atoms with Gasteiger partial charge in [0.2, 0.25) is 0 Å². The van der Waals surface area contributed by atoms with Crippen LogP contribution in [0.3, 0.4) is 0 Å². The molecule has 0 heterocycles. The molecule has 3 aliphatic rings. The molecule has 1 heteroatoms. The van der Waals surface area contributed by atoms with Crippen molar-refractivity contribution in [1.29, 1.82) is 0 Å². The van der Waals surface area contributed by atoms with Crippen molar-refractivity contribution >= 4 is 5.78 Å². The minimum atomic E-state index is 0.321. The van der Waals surface area contributed by atoms with Gasteiger partial charge < -0.3 is 0 Å². The van der Waals surface area contributed by atoms with Crippen LogP contribution in [0.5, 0.6) is 0 Å². The highest BCUT2D eigenvalue weighted by molar-refractivity contribution is 5.83. The molecule has 0 aromatic carbocycles. The first kappa shape index (κ1) is 10.8. The highest BCUT2D eigenvalue weighted by Crippen LogP contribution is 2.74. The third-order valence-corrected chi connectivity index (χ3v) is 6.51. The predicted octanol–water partition coefficient (Wildman–Crippen LogP) is 3.67. The van der Waals surface area contributed by atoms with Gasteiger partial charge in [-0.1, -0.05) is 27.7 Å². The Morgan fingerprint density at radius 3 is 2.50 bits per heavy atom. The number of rotatable bonds is 0. The normalized spacial score (nSPS) is 54.1. The van der Waals surface area contributed by atoms with Crippen molar-refractivity contribution in [2.75, 3.05) is 0 Å². The van der Waals surface area contributed by atoms with Gasteiger partial charge in [-0.05, 0) is 47.8 Å². The van der Waals surface area contributed by atoms with Gasteiger partial charge in [-0.15, -0.1) is 0 Å². The minimum absolute atomic E-state index is 0.321. The summed E-state index contributed by atoms with van der Waals surface area (Å²) in [4.78, 5) is 12.2. The van der Waals surface area contributed by atoms with E-state index in [2.05, 4.69) is 27.7 Å². The molecule has 90 valence electrons. The molecule has 0 amide bonds. The Morgan fingerprint density at radius 2 is 1.81 bits per heavy atom. The van der Waals surface area contributed by atoms with Crippen LogP contribution in [0.25, 0.3) is 0 Å². The summed E-state index contributed by atoms with van der Waals surface area (Å²) in [5.41, 5.74) is 0.827. The highest BCUT2D eigenvalue weighted by atomic mass is 16.1. The molecule has 1 nitrogen and oxygen atoms in total. The molecule has 3 rings (SSSR count). The van der Waals surface area contributed by atoms with Crippen LogP contribution < -0.4 is 0 Å². The van der Waals surface area contributed by atoms with Gasteiger partial charge in [0.05, 0.1) is 0 Å². The Hall–Kier alpha value is -0.330. The molecule has 0 aliphatic heterocycles. The Labute approximate surface area is 99.0 Å². The molecular formula is C15H24O. The number of hydrogen-bond donors (Lipinski definition) is 0. The molecule has 3 aliphatic carbocycles. The molecule has 0 aromatic rings. The number of hydrogen-bond acceptors (Lipinski definition) is 1. The lowest BCUT2D eigenvalue weighted by atomic mass is 9.67. The molecule has 0 N–H and O–H groups in total. The zero-order chi connectivity index (χ0) is 11.7. The third-order valence-electron chi connectivity index (χ3n) is 6.51. The van der Waals surface area contributed by atoms with Gasteiger partial charge in [-0.3, -0.25) is 4.79 Å². The number of fused-ring (bicyclic) bond motifs is 3. The average molecular weight is 220 g/mol. The lowest BCUT2D eigenvalue weighted by molar-refractivity contribution is -0.126. The molecule has 16 heavy (non-hydrogen) atoms. The molecule has 0 radical (unpaired) electrons. The molecule has 3 saturated carbocycles. The summed E-state index contributed by atoms with van der Waals surface area (Å²) in [6.07, 6.45) is 4.45. The van der Waals surface area contributed by atoms with Crippen molar-refractivity contribution in [3.63, 3.8) is 0 Å². The lowest BCUT2D eigenvalue weighted by Crippen LogP contribution is -2.35. The second-order valence-corrected chi connectivity index (χ2v) is 7.31. The fraction of sp³-hybridized carbons (Fsp3) is 0.933. The predicted molar refractivity (Wildman–Crippen MR) is 65.0 cm³/mol. The first-order valence-electron chi connectivity index (χ1n) is 6.93. The highest BCUT2D eigenvalue weighted by Gasteiger charge is 2.70. The molecular weight excluding hydrogens is 196 g/mol. The summed E-state index contributed by atoms with van der Waals surface area (Å²) in [5.74, 6) is 3.35. The summed E-state index contributed by atoms with van der Waals surface area (Å²) in [6.45, 7) is 9.64. The standard InChI is InChI=1S/C15H24O/c1-9-5-6-10-12(16)8-7-11-13(14(11,2)3)15(9,10)4/h9-11,13H,5-8H2,1-4H3/t9-,10-,11+,13+,15-/m1/s1. The van der Waals surface area contributed by atoms with Crippen LogP contribution in [-0.2, 0) is 4.79 Å². The summed E-state index contributed by atoms with van der Waals surface area (Å²) in [6, 6.07) is 0. The Morgan fingerprint density at radius 1 is 1.12 bits per heavy atom. The summed E-state index contributed by atoms with van der Waals surface area (Å²) in [7, 11) is 0. The Kier molecular flexibility index (Phi) is 1.97. The van der Waals surface area contributed by atoms with Crippen LogP contribution in [0.1, 0.15) is 53.4 Å². The van der Waals surface area contributed by atoms with E-state index in [1.807, 2.05) is 0 Å². The van der Waals surface area contributed by atoms with Gasteiger partial charge in [-0.2, -0.15) is 0 Å².